The fourth-order valence-corrected chi connectivity index (χ4v) is 0.360. The number of ether oxygens (including phenoxy) is 1. The third-order valence-electron chi connectivity index (χ3n) is 0.450. The van der Waals surface area contributed by atoms with E-state index in [1.807, 2.05) is 0 Å². The minimum atomic E-state index is -0.188. The highest BCUT2D eigenvalue weighted by Gasteiger charge is 1.87. The Morgan fingerprint density at radius 1 is 1.75 bits per heavy atom. The molecule has 0 aromatic heterocycles. The zero-order valence-corrected chi connectivity index (χ0v) is 6.99. The smallest absolute Gasteiger partial charge is 0.302 e. The standard InChI is InChI=1S/C4H9O2P.ClH/c1-4(5)6-2-3-7;/h2-3,7H2,1H3;1H. The molecule has 0 fully saturated rings. The summed E-state index contributed by atoms with van der Waals surface area (Å²) in [6, 6.07) is 0. The van der Waals surface area contributed by atoms with Crippen LogP contribution in [0, 0.1) is 0 Å². The van der Waals surface area contributed by atoms with Gasteiger partial charge in [0.1, 0.15) is 6.61 Å². The van der Waals surface area contributed by atoms with Gasteiger partial charge >= 0.3 is 5.97 Å². The van der Waals surface area contributed by atoms with Crippen molar-refractivity contribution >= 4 is 15.2 Å². The second-order valence-corrected chi connectivity index (χ2v) is 1.90. The van der Waals surface area contributed by atoms with Gasteiger partial charge < -0.3 is 17.1 Å². The molecule has 8 heavy (non-hydrogen) atoms. The number of esters is 1. The number of halogens is 1. The van der Waals surface area contributed by atoms with Gasteiger partial charge in [0.25, 0.3) is 0 Å². The van der Waals surface area contributed by atoms with Gasteiger partial charge in [-0.25, -0.2) is 0 Å². The monoisotopic (exact) mass is 156 g/mol. The van der Waals surface area contributed by atoms with Crippen LogP contribution in [-0.2, 0) is 9.53 Å². The normalized spacial score (nSPS) is 7.62. The molecule has 0 aromatic rings. The summed E-state index contributed by atoms with van der Waals surface area (Å²) in [6.45, 7) is 1.98. The molecule has 0 aliphatic rings. The minimum absolute atomic E-state index is 0. The van der Waals surface area contributed by atoms with E-state index in [1.54, 1.807) is 9.24 Å². The number of hydrogen-bond acceptors (Lipinski definition) is 2. The molecule has 2 nitrogen and oxygen atoms in total. The minimum Gasteiger partial charge on any atom is -1.00 e. The number of carbonyl (C=O) groups excluding carboxylic acids is 1. The Morgan fingerprint density at radius 3 is 2.38 bits per heavy atom. The van der Waals surface area contributed by atoms with E-state index >= 15 is 0 Å². The van der Waals surface area contributed by atoms with E-state index in [4.69, 9.17) is 0 Å². The Kier molecular flexibility index (Phi) is 9.93. The van der Waals surface area contributed by atoms with Crippen LogP contribution in [0.5, 0.6) is 0 Å². The average Bonchev–Trinajstić information content (AvgIpc) is 1.61. The summed E-state index contributed by atoms with van der Waals surface area (Å²) < 4.78 is 4.56. The molecule has 0 aliphatic carbocycles. The summed E-state index contributed by atoms with van der Waals surface area (Å²) in [5.41, 5.74) is 0. The predicted molar refractivity (Wildman–Crippen MR) is 32.6 cm³/mol. The molecular weight excluding hydrogens is 146 g/mol. The largest absolute Gasteiger partial charge is 1.00 e. The first-order valence-corrected chi connectivity index (χ1v) is 3.20. The Morgan fingerprint density at radius 2 is 2.25 bits per heavy atom. The van der Waals surface area contributed by atoms with Gasteiger partial charge in [-0.3, -0.25) is 4.79 Å². The summed E-state index contributed by atoms with van der Waals surface area (Å²) in [5, 5.41) is 0. The average molecular weight is 157 g/mol. The highest BCUT2D eigenvalue weighted by molar-refractivity contribution is 7.16. The van der Waals surface area contributed by atoms with Crippen molar-refractivity contribution in [1.29, 1.82) is 0 Å². The number of rotatable bonds is 2. The van der Waals surface area contributed by atoms with E-state index in [1.165, 1.54) is 6.92 Å². The second-order valence-electron chi connectivity index (χ2n) is 1.19. The molecule has 0 rings (SSSR count). The maximum Gasteiger partial charge on any atom is 0.302 e. The van der Waals surface area contributed by atoms with E-state index in [9.17, 15) is 4.79 Å². The van der Waals surface area contributed by atoms with Crippen LogP contribution >= 0.6 is 9.24 Å². The first kappa shape index (κ1) is 11.0. The molecule has 0 bridgehead atoms. The molecule has 0 saturated heterocycles. The number of hydrogen-bond donors (Lipinski definition) is 0. The van der Waals surface area contributed by atoms with Crippen molar-refractivity contribution in [3.63, 3.8) is 0 Å². The van der Waals surface area contributed by atoms with Crippen LogP contribution in [0.2, 0.25) is 0 Å². The van der Waals surface area contributed by atoms with Crippen molar-refractivity contribution in [1.82, 2.24) is 0 Å². The van der Waals surface area contributed by atoms with Gasteiger partial charge in [0, 0.05) is 6.92 Å². The SMILES string of the molecule is CC(=O)OCC[PH3+].[Cl-]. The van der Waals surface area contributed by atoms with Crippen molar-refractivity contribution < 1.29 is 21.9 Å². The molecule has 1 atom stereocenters. The summed E-state index contributed by atoms with van der Waals surface area (Å²) in [5.74, 6) is -0.188. The summed E-state index contributed by atoms with van der Waals surface area (Å²) in [4.78, 5) is 9.98. The topological polar surface area (TPSA) is 26.3 Å². The second kappa shape index (κ2) is 7.19. The van der Waals surface area contributed by atoms with Crippen molar-refractivity contribution in [3.8, 4) is 0 Å². The van der Waals surface area contributed by atoms with Gasteiger partial charge in [-0.2, -0.15) is 0 Å². The van der Waals surface area contributed by atoms with Gasteiger partial charge in [0.2, 0.25) is 0 Å². The van der Waals surface area contributed by atoms with E-state index in [-0.39, 0.29) is 18.4 Å². The van der Waals surface area contributed by atoms with Crippen molar-refractivity contribution in [3.05, 3.63) is 0 Å². The van der Waals surface area contributed by atoms with Crippen LogP contribution in [0.3, 0.4) is 0 Å². The zero-order valence-electron chi connectivity index (χ0n) is 4.82. The Hall–Kier alpha value is 0.190. The molecule has 0 saturated carbocycles. The van der Waals surface area contributed by atoms with Crippen LogP contribution in [-0.4, -0.2) is 18.7 Å². The molecule has 4 heteroatoms. The lowest BCUT2D eigenvalue weighted by molar-refractivity contribution is -0.140. The molecule has 0 aromatic carbocycles. The molecular formula is C4H10ClO2P. The maximum absolute atomic E-state index is 9.98. The lowest BCUT2D eigenvalue weighted by atomic mass is 10.8. The lowest BCUT2D eigenvalue weighted by Crippen LogP contribution is -3.00. The van der Waals surface area contributed by atoms with Crippen LogP contribution < -0.4 is 12.4 Å². The molecule has 0 amide bonds. The van der Waals surface area contributed by atoms with E-state index in [0.717, 1.165) is 6.16 Å². The van der Waals surface area contributed by atoms with Gasteiger partial charge in [-0.1, -0.05) is 0 Å². The molecule has 0 spiro atoms. The fraction of sp³-hybridized carbons (Fsp3) is 0.750. The molecule has 0 heterocycles. The van der Waals surface area contributed by atoms with Gasteiger partial charge in [-0.15, -0.1) is 0 Å². The third kappa shape index (κ3) is 9.50. The van der Waals surface area contributed by atoms with E-state index in [0.29, 0.717) is 6.61 Å². The quantitative estimate of drug-likeness (QED) is 0.318. The summed E-state index contributed by atoms with van der Waals surface area (Å²) in [7, 11) is 1.79. The Labute approximate surface area is 57.6 Å². The first-order chi connectivity index (χ1) is 3.27. The number of carbonyl (C=O) groups is 1. The fourth-order valence-electron chi connectivity index (χ4n) is 0.216. The maximum atomic E-state index is 9.98. The van der Waals surface area contributed by atoms with Crippen LogP contribution in [0.4, 0.5) is 0 Å². The van der Waals surface area contributed by atoms with Crippen LogP contribution in [0.25, 0.3) is 0 Å². The van der Waals surface area contributed by atoms with Crippen molar-refractivity contribution in [2.75, 3.05) is 12.8 Å². The predicted octanol–water partition coefficient (Wildman–Crippen LogP) is -2.84. The highest BCUT2D eigenvalue weighted by Crippen LogP contribution is 1.81. The molecule has 50 valence electrons. The summed E-state index contributed by atoms with van der Waals surface area (Å²) in [6.07, 6.45) is 0.930. The molecule has 0 aliphatic heterocycles. The van der Waals surface area contributed by atoms with E-state index < -0.39 is 0 Å². The van der Waals surface area contributed by atoms with Gasteiger partial charge in [0.05, 0.1) is 6.16 Å². The van der Waals surface area contributed by atoms with E-state index in [2.05, 4.69) is 4.74 Å². The van der Waals surface area contributed by atoms with Crippen LogP contribution in [0.1, 0.15) is 6.92 Å². The first-order valence-electron chi connectivity index (χ1n) is 2.20. The zero-order chi connectivity index (χ0) is 5.70. The molecule has 1 unspecified atom stereocenters. The van der Waals surface area contributed by atoms with Gasteiger partial charge in [-0.05, 0) is 9.24 Å². The molecule has 0 radical (unpaired) electrons. The third-order valence-corrected chi connectivity index (χ3v) is 0.738. The lowest BCUT2D eigenvalue weighted by Gasteiger charge is -1.91. The Balaban J connectivity index is 0. The van der Waals surface area contributed by atoms with Crippen LogP contribution in [0.15, 0.2) is 0 Å². The Bertz CT molecular complexity index is 67.1. The van der Waals surface area contributed by atoms with Gasteiger partial charge in [0.15, 0.2) is 0 Å². The van der Waals surface area contributed by atoms with Crippen molar-refractivity contribution in [2.45, 2.75) is 6.92 Å². The highest BCUT2D eigenvalue weighted by atomic mass is 35.5. The van der Waals surface area contributed by atoms with Crippen molar-refractivity contribution in [2.24, 2.45) is 0 Å². The molecule has 0 N–H and O–H groups in total. The summed E-state index contributed by atoms with van der Waals surface area (Å²) >= 11 is 0.